The molecule has 3 aromatic rings. The van der Waals surface area contributed by atoms with Gasteiger partial charge >= 0.3 is 0 Å². The summed E-state index contributed by atoms with van der Waals surface area (Å²) in [5.41, 5.74) is 2.15. The Morgan fingerprint density at radius 3 is 3.13 bits per heavy atom. The van der Waals surface area contributed by atoms with Crippen LogP contribution in [-0.2, 0) is 17.8 Å². The molecule has 0 aliphatic carbocycles. The smallest absolute Gasteiger partial charge is 0.227 e. The molecule has 0 saturated carbocycles. The van der Waals surface area contributed by atoms with Gasteiger partial charge in [0.15, 0.2) is 0 Å². The standard InChI is InChI=1S/C17H19N5O/c23-17(10-13-11-18-16-6-2-1-5-15(13)16)22-8-3-4-14(22)12-21-9-7-19-20-21/h1-2,5-7,9,11,14,18H,3-4,8,10,12H2/t14-/m0/s1. The highest BCUT2D eigenvalue weighted by Gasteiger charge is 2.29. The number of likely N-dealkylation sites (tertiary alicyclic amines) is 1. The van der Waals surface area contributed by atoms with E-state index in [4.69, 9.17) is 0 Å². The Kier molecular flexibility index (Phi) is 3.57. The Balaban J connectivity index is 1.49. The van der Waals surface area contributed by atoms with E-state index in [2.05, 4.69) is 21.4 Å². The molecule has 1 atom stereocenters. The number of para-hydroxylation sites is 1. The summed E-state index contributed by atoms with van der Waals surface area (Å²) in [6.07, 6.45) is 8.00. The van der Waals surface area contributed by atoms with E-state index in [1.807, 2.05) is 40.2 Å². The van der Waals surface area contributed by atoms with Crippen molar-refractivity contribution in [3.05, 3.63) is 48.4 Å². The lowest BCUT2D eigenvalue weighted by Gasteiger charge is -2.24. The highest BCUT2D eigenvalue weighted by Crippen LogP contribution is 2.23. The molecule has 0 radical (unpaired) electrons. The van der Waals surface area contributed by atoms with Crippen molar-refractivity contribution in [1.29, 1.82) is 0 Å². The number of aromatic nitrogens is 4. The lowest BCUT2D eigenvalue weighted by molar-refractivity contribution is -0.131. The third-order valence-electron chi connectivity index (χ3n) is 4.58. The molecule has 1 saturated heterocycles. The first-order valence-corrected chi connectivity index (χ1v) is 8.00. The monoisotopic (exact) mass is 309 g/mol. The van der Waals surface area contributed by atoms with Gasteiger partial charge in [0.2, 0.25) is 5.91 Å². The van der Waals surface area contributed by atoms with Crippen molar-refractivity contribution in [1.82, 2.24) is 24.9 Å². The fraction of sp³-hybridized carbons (Fsp3) is 0.353. The SMILES string of the molecule is O=C(Cc1c[nH]c2ccccc12)N1CCC[C@H]1Cn1ccnn1. The predicted octanol–water partition coefficient (Wildman–Crippen LogP) is 1.99. The molecule has 1 fully saturated rings. The molecule has 23 heavy (non-hydrogen) atoms. The maximum absolute atomic E-state index is 12.8. The molecule has 0 bridgehead atoms. The number of nitrogens with zero attached hydrogens (tertiary/aromatic N) is 4. The van der Waals surface area contributed by atoms with E-state index in [0.29, 0.717) is 6.42 Å². The molecule has 4 rings (SSSR count). The molecule has 1 N–H and O–H groups in total. The second-order valence-corrected chi connectivity index (χ2v) is 6.04. The highest BCUT2D eigenvalue weighted by atomic mass is 16.2. The van der Waals surface area contributed by atoms with Crippen LogP contribution in [0, 0.1) is 0 Å². The van der Waals surface area contributed by atoms with Crippen LogP contribution in [0.2, 0.25) is 0 Å². The molecule has 1 aliphatic rings. The molecule has 0 unspecified atom stereocenters. The number of hydrogen-bond donors (Lipinski definition) is 1. The molecular weight excluding hydrogens is 290 g/mol. The van der Waals surface area contributed by atoms with Crippen LogP contribution in [0.15, 0.2) is 42.9 Å². The van der Waals surface area contributed by atoms with Gasteiger partial charge in [-0.3, -0.25) is 9.48 Å². The second-order valence-electron chi connectivity index (χ2n) is 6.04. The molecule has 6 nitrogen and oxygen atoms in total. The maximum atomic E-state index is 12.8. The number of carbonyl (C=O) groups is 1. The number of rotatable bonds is 4. The molecular formula is C17H19N5O. The Morgan fingerprint density at radius 2 is 2.26 bits per heavy atom. The zero-order chi connectivity index (χ0) is 15.6. The third kappa shape index (κ3) is 2.72. The van der Waals surface area contributed by atoms with Crippen LogP contribution in [0.5, 0.6) is 0 Å². The average Bonchev–Trinajstić information content (AvgIpc) is 3.29. The van der Waals surface area contributed by atoms with Crippen LogP contribution >= 0.6 is 0 Å². The van der Waals surface area contributed by atoms with Crippen molar-refractivity contribution >= 4 is 16.8 Å². The summed E-state index contributed by atoms with van der Waals surface area (Å²) in [5, 5.41) is 8.98. The summed E-state index contributed by atoms with van der Waals surface area (Å²) in [6, 6.07) is 8.32. The van der Waals surface area contributed by atoms with E-state index < -0.39 is 0 Å². The van der Waals surface area contributed by atoms with Gasteiger partial charge < -0.3 is 9.88 Å². The van der Waals surface area contributed by atoms with E-state index in [1.54, 1.807) is 6.20 Å². The minimum Gasteiger partial charge on any atom is -0.361 e. The Bertz CT molecular complexity index is 807. The first-order valence-electron chi connectivity index (χ1n) is 8.00. The van der Waals surface area contributed by atoms with Crippen LogP contribution in [0.4, 0.5) is 0 Å². The number of carbonyl (C=O) groups excluding carboxylic acids is 1. The fourth-order valence-corrected chi connectivity index (χ4v) is 3.44. The highest BCUT2D eigenvalue weighted by molar-refractivity contribution is 5.89. The Morgan fingerprint density at radius 1 is 1.35 bits per heavy atom. The number of benzene rings is 1. The molecule has 118 valence electrons. The number of nitrogens with one attached hydrogen (secondary N) is 1. The maximum Gasteiger partial charge on any atom is 0.227 e. The Labute approximate surface area is 134 Å². The van der Waals surface area contributed by atoms with Crippen LogP contribution in [-0.4, -0.2) is 43.4 Å². The summed E-state index contributed by atoms with van der Waals surface area (Å²) >= 11 is 0. The molecule has 2 aromatic heterocycles. The largest absolute Gasteiger partial charge is 0.361 e. The lowest BCUT2D eigenvalue weighted by Crippen LogP contribution is -2.39. The first kappa shape index (κ1) is 14.0. The summed E-state index contributed by atoms with van der Waals surface area (Å²) in [6.45, 7) is 1.56. The quantitative estimate of drug-likeness (QED) is 0.801. The van der Waals surface area contributed by atoms with Gasteiger partial charge in [-0.05, 0) is 24.5 Å². The lowest BCUT2D eigenvalue weighted by atomic mass is 10.1. The van der Waals surface area contributed by atoms with Gasteiger partial charge in [-0.25, -0.2) is 0 Å². The fourth-order valence-electron chi connectivity index (χ4n) is 3.44. The summed E-state index contributed by atoms with van der Waals surface area (Å²) < 4.78 is 1.81. The van der Waals surface area contributed by atoms with Crippen molar-refractivity contribution < 1.29 is 4.79 Å². The van der Waals surface area contributed by atoms with Gasteiger partial charge in [0.1, 0.15) is 0 Å². The van der Waals surface area contributed by atoms with Crippen LogP contribution < -0.4 is 0 Å². The van der Waals surface area contributed by atoms with Gasteiger partial charge in [-0.1, -0.05) is 23.4 Å². The first-order chi connectivity index (χ1) is 11.3. The van der Waals surface area contributed by atoms with E-state index in [9.17, 15) is 4.79 Å². The van der Waals surface area contributed by atoms with E-state index in [0.717, 1.165) is 42.4 Å². The van der Waals surface area contributed by atoms with Gasteiger partial charge in [0.25, 0.3) is 0 Å². The summed E-state index contributed by atoms with van der Waals surface area (Å²) in [7, 11) is 0. The minimum absolute atomic E-state index is 0.192. The number of hydrogen-bond acceptors (Lipinski definition) is 3. The molecule has 1 amide bonds. The normalized spacial score (nSPS) is 17.9. The molecule has 0 spiro atoms. The van der Waals surface area contributed by atoms with Crippen molar-refractivity contribution in [3.8, 4) is 0 Å². The van der Waals surface area contributed by atoms with Crippen LogP contribution in [0.1, 0.15) is 18.4 Å². The Hall–Kier alpha value is -2.63. The van der Waals surface area contributed by atoms with Gasteiger partial charge in [-0.15, -0.1) is 5.10 Å². The van der Waals surface area contributed by atoms with Crippen LogP contribution in [0.25, 0.3) is 10.9 Å². The number of fused-ring (bicyclic) bond motifs is 1. The molecule has 1 aliphatic heterocycles. The van der Waals surface area contributed by atoms with Crippen molar-refractivity contribution in [3.63, 3.8) is 0 Å². The molecule has 1 aromatic carbocycles. The zero-order valence-electron chi connectivity index (χ0n) is 12.9. The van der Waals surface area contributed by atoms with Gasteiger partial charge in [0.05, 0.1) is 25.2 Å². The number of H-pyrrole nitrogens is 1. The van der Waals surface area contributed by atoms with Crippen molar-refractivity contribution in [2.75, 3.05) is 6.54 Å². The zero-order valence-corrected chi connectivity index (χ0v) is 12.9. The van der Waals surface area contributed by atoms with Crippen LogP contribution in [0.3, 0.4) is 0 Å². The van der Waals surface area contributed by atoms with Gasteiger partial charge in [0, 0.05) is 29.8 Å². The van der Waals surface area contributed by atoms with Crippen molar-refractivity contribution in [2.45, 2.75) is 31.8 Å². The van der Waals surface area contributed by atoms with E-state index in [-0.39, 0.29) is 11.9 Å². The second kappa shape index (κ2) is 5.87. The predicted molar refractivity (Wildman–Crippen MR) is 86.8 cm³/mol. The summed E-state index contributed by atoms with van der Waals surface area (Å²) in [5.74, 6) is 0.192. The molecule has 3 heterocycles. The third-order valence-corrected chi connectivity index (χ3v) is 4.58. The molecule has 6 heteroatoms. The van der Waals surface area contributed by atoms with Crippen molar-refractivity contribution in [2.24, 2.45) is 0 Å². The summed E-state index contributed by atoms with van der Waals surface area (Å²) in [4.78, 5) is 18.0. The topological polar surface area (TPSA) is 66.8 Å². The minimum atomic E-state index is 0.192. The van der Waals surface area contributed by atoms with E-state index >= 15 is 0 Å². The average molecular weight is 309 g/mol. The van der Waals surface area contributed by atoms with Gasteiger partial charge in [-0.2, -0.15) is 0 Å². The number of amides is 1. The number of aromatic amines is 1. The van der Waals surface area contributed by atoms with E-state index in [1.165, 1.54) is 0 Å².